The van der Waals surface area contributed by atoms with Crippen LogP contribution in [0.5, 0.6) is 0 Å². The van der Waals surface area contributed by atoms with Crippen molar-refractivity contribution in [2.24, 2.45) is 5.73 Å². The average Bonchev–Trinajstić information content (AvgIpc) is 2.49. The first-order chi connectivity index (χ1) is 7.27. The fourth-order valence-electron chi connectivity index (χ4n) is 2.66. The third-order valence-electron chi connectivity index (χ3n) is 3.58. The molecule has 3 nitrogen and oxygen atoms in total. The number of nitrogens with two attached hydrogens (primary N) is 1. The number of thioether (sulfide) groups is 1. The summed E-state index contributed by atoms with van der Waals surface area (Å²) in [5.41, 5.74) is 6.28. The Balaban J connectivity index is 2.03. The lowest BCUT2D eigenvalue weighted by molar-refractivity contribution is 0.0958. The van der Waals surface area contributed by atoms with Crippen molar-refractivity contribution in [3.05, 3.63) is 0 Å². The number of ether oxygens (including phenoxy) is 1. The summed E-state index contributed by atoms with van der Waals surface area (Å²) in [6, 6.07) is 0. The minimum Gasteiger partial charge on any atom is -0.380 e. The summed E-state index contributed by atoms with van der Waals surface area (Å²) >= 11 is 2.07. The van der Waals surface area contributed by atoms with Crippen LogP contribution in [0.1, 0.15) is 19.8 Å². The highest BCUT2D eigenvalue weighted by Crippen LogP contribution is 2.38. The van der Waals surface area contributed by atoms with E-state index in [-0.39, 0.29) is 5.54 Å². The van der Waals surface area contributed by atoms with Crippen LogP contribution in [0.4, 0.5) is 0 Å². The van der Waals surface area contributed by atoms with E-state index in [9.17, 15) is 0 Å². The van der Waals surface area contributed by atoms with Crippen LogP contribution < -0.4 is 5.73 Å². The Morgan fingerprint density at radius 1 is 1.47 bits per heavy atom. The second-order valence-corrected chi connectivity index (χ2v) is 6.13. The predicted octanol–water partition coefficient (Wildman–Crippen LogP) is 0.932. The van der Waals surface area contributed by atoms with E-state index in [0.29, 0.717) is 0 Å². The Morgan fingerprint density at radius 3 is 3.00 bits per heavy atom. The minimum atomic E-state index is 0.262. The van der Waals surface area contributed by atoms with Crippen molar-refractivity contribution >= 4 is 11.8 Å². The molecule has 0 bridgehead atoms. The standard InChI is InChI=1S/C11H22N2OS/c1-10-7-11(8-12,9-15-10)13-3-2-5-14-6-4-13/h10H,2-9,12H2,1H3. The van der Waals surface area contributed by atoms with Gasteiger partial charge < -0.3 is 10.5 Å². The molecule has 2 atom stereocenters. The van der Waals surface area contributed by atoms with Gasteiger partial charge in [-0.05, 0) is 12.8 Å². The van der Waals surface area contributed by atoms with Crippen LogP contribution in [-0.2, 0) is 4.74 Å². The van der Waals surface area contributed by atoms with Gasteiger partial charge in [0.1, 0.15) is 0 Å². The van der Waals surface area contributed by atoms with Crippen LogP contribution >= 0.6 is 11.8 Å². The lowest BCUT2D eigenvalue weighted by atomic mass is 9.93. The van der Waals surface area contributed by atoms with Gasteiger partial charge in [-0.2, -0.15) is 11.8 Å². The number of hydrogen-bond acceptors (Lipinski definition) is 4. The molecule has 0 aromatic rings. The van der Waals surface area contributed by atoms with E-state index in [1.54, 1.807) is 0 Å². The molecule has 2 heterocycles. The van der Waals surface area contributed by atoms with Crippen LogP contribution in [0, 0.1) is 0 Å². The highest BCUT2D eigenvalue weighted by Gasteiger charge is 2.41. The molecule has 2 fully saturated rings. The molecule has 88 valence electrons. The molecule has 0 radical (unpaired) electrons. The van der Waals surface area contributed by atoms with Crippen LogP contribution in [0.15, 0.2) is 0 Å². The van der Waals surface area contributed by atoms with Crippen molar-refractivity contribution in [3.63, 3.8) is 0 Å². The Morgan fingerprint density at radius 2 is 2.33 bits per heavy atom. The second kappa shape index (κ2) is 5.04. The van der Waals surface area contributed by atoms with E-state index in [0.717, 1.165) is 44.5 Å². The van der Waals surface area contributed by atoms with E-state index in [4.69, 9.17) is 10.5 Å². The summed E-state index contributed by atoms with van der Waals surface area (Å²) in [6.07, 6.45) is 2.40. The monoisotopic (exact) mass is 230 g/mol. The SMILES string of the molecule is CC1CC(CN)(N2CCCOCC2)CS1. The zero-order valence-electron chi connectivity index (χ0n) is 9.58. The van der Waals surface area contributed by atoms with Gasteiger partial charge in [-0.25, -0.2) is 0 Å². The fraction of sp³-hybridized carbons (Fsp3) is 1.00. The lowest BCUT2D eigenvalue weighted by Gasteiger charge is -2.39. The van der Waals surface area contributed by atoms with Gasteiger partial charge in [-0.15, -0.1) is 0 Å². The maximum atomic E-state index is 6.02. The predicted molar refractivity (Wildman–Crippen MR) is 65.3 cm³/mol. The molecule has 0 amide bonds. The molecule has 0 spiro atoms. The Hall–Kier alpha value is 0.230. The van der Waals surface area contributed by atoms with Crippen molar-refractivity contribution in [2.75, 3.05) is 38.6 Å². The average molecular weight is 230 g/mol. The topological polar surface area (TPSA) is 38.5 Å². The molecule has 2 N–H and O–H groups in total. The highest BCUT2D eigenvalue weighted by molar-refractivity contribution is 8.00. The summed E-state index contributed by atoms with van der Waals surface area (Å²) in [5, 5.41) is 0.762. The van der Waals surface area contributed by atoms with Gasteiger partial charge >= 0.3 is 0 Å². The van der Waals surface area contributed by atoms with Crippen LogP contribution in [0.2, 0.25) is 0 Å². The Kier molecular flexibility index (Phi) is 3.93. The largest absolute Gasteiger partial charge is 0.380 e. The van der Waals surface area contributed by atoms with E-state index < -0.39 is 0 Å². The van der Waals surface area contributed by atoms with E-state index in [1.807, 2.05) is 0 Å². The zero-order chi connectivity index (χ0) is 10.7. The van der Waals surface area contributed by atoms with Crippen molar-refractivity contribution in [2.45, 2.75) is 30.6 Å². The van der Waals surface area contributed by atoms with Gasteiger partial charge in [0.15, 0.2) is 0 Å². The number of rotatable bonds is 2. The van der Waals surface area contributed by atoms with Gasteiger partial charge in [0, 0.05) is 42.8 Å². The van der Waals surface area contributed by atoms with Gasteiger partial charge in [-0.3, -0.25) is 4.90 Å². The molecular formula is C11H22N2OS. The van der Waals surface area contributed by atoms with Crippen LogP contribution in [0.3, 0.4) is 0 Å². The second-order valence-electron chi connectivity index (χ2n) is 4.71. The fourth-order valence-corrected chi connectivity index (χ4v) is 4.10. The molecule has 2 aliphatic rings. The summed E-state index contributed by atoms with van der Waals surface area (Å²) < 4.78 is 5.51. The molecule has 2 unspecified atom stereocenters. The summed E-state index contributed by atoms with van der Waals surface area (Å²) in [5.74, 6) is 1.20. The van der Waals surface area contributed by atoms with Crippen molar-refractivity contribution in [1.82, 2.24) is 4.90 Å². The van der Waals surface area contributed by atoms with E-state index in [2.05, 4.69) is 23.6 Å². The van der Waals surface area contributed by atoms with Gasteiger partial charge in [0.2, 0.25) is 0 Å². The minimum absolute atomic E-state index is 0.262. The first kappa shape index (κ1) is 11.7. The summed E-state index contributed by atoms with van der Waals surface area (Å²) in [6.45, 7) is 7.12. The number of nitrogens with zero attached hydrogens (tertiary/aromatic N) is 1. The van der Waals surface area contributed by atoms with Crippen molar-refractivity contribution < 1.29 is 4.74 Å². The van der Waals surface area contributed by atoms with Gasteiger partial charge in [0.05, 0.1) is 6.61 Å². The van der Waals surface area contributed by atoms with E-state index in [1.165, 1.54) is 12.2 Å². The molecule has 0 aliphatic carbocycles. The normalized spacial score (nSPS) is 39.2. The maximum absolute atomic E-state index is 6.02. The molecule has 2 rings (SSSR count). The molecule has 0 aromatic heterocycles. The van der Waals surface area contributed by atoms with Crippen molar-refractivity contribution in [1.29, 1.82) is 0 Å². The molecule has 0 saturated carbocycles. The lowest BCUT2D eigenvalue weighted by Crippen LogP contribution is -2.55. The van der Waals surface area contributed by atoms with Crippen LogP contribution in [0.25, 0.3) is 0 Å². The summed E-state index contributed by atoms with van der Waals surface area (Å²) in [4.78, 5) is 2.58. The van der Waals surface area contributed by atoms with Crippen LogP contribution in [-0.4, -0.2) is 54.3 Å². The first-order valence-corrected chi connectivity index (χ1v) is 6.96. The molecule has 15 heavy (non-hydrogen) atoms. The zero-order valence-corrected chi connectivity index (χ0v) is 10.4. The molecular weight excluding hydrogens is 208 g/mol. The molecule has 4 heteroatoms. The smallest absolute Gasteiger partial charge is 0.0593 e. The summed E-state index contributed by atoms with van der Waals surface area (Å²) in [7, 11) is 0. The molecule has 0 aromatic carbocycles. The molecule has 2 aliphatic heterocycles. The third kappa shape index (κ3) is 2.49. The first-order valence-electron chi connectivity index (χ1n) is 5.91. The maximum Gasteiger partial charge on any atom is 0.0593 e. The third-order valence-corrected chi connectivity index (χ3v) is 5.02. The van der Waals surface area contributed by atoms with E-state index >= 15 is 0 Å². The highest BCUT2D eigenvalue weighted by atomic mass is 32.2. The number of hydrogen-bond donors (Lipinski definition) is 1. The Labute approximate surface area is 96.7 Å². The molecule has 2 saturated heterocycles. The quantitative estimate of drug-likeness (QED) is 0.766. The van der Waals surface area contributed by atoms with Gasteiger partial charge in [0.25, 0.3) is 0 Å². The Bertz CT molecular complexity index is 207. The van der Waals surface area contributed by atoms with Crippen molar-refractivity contribution in [3.8, 4) is 0 Å². The van der Waals surface area contributed by atoms with Gasteiger partial charge in [-0.1, -0.05) is 6.92 Å².